The normalized spacial score (nSPS) is 28.4. The fourth-order valence-corrected chi connectivity index (χ4v) is 3.78. The van der Waals surface area contributed by atoms with Gasteiger partial charge in [0, 0.05) is 12.6 Å². The quantitative estimate of drug-likeness (QED) is 0.838. The summed E-state index contributed by atoms with van der Waals surface area (Å²) < 4.78 is 0. The molecule has 0 radical (unpaired) electrons. The number of nitrogens with one attached hydrogen (secondary N) is 1. The molecule has 0 spiro atoms. The highest BCUT2D eigenvalue weighted by Crippen LogP contribution is 2.35. The van der Waals surface area contributed by atoms with Crippen molar-refractivity contribution < 1.29 is 14.7 Å². The molecule has 21 heavy (non-hydrogen) atoms. The van der Waals surface area contributed by atoms with Crippen molar-refractivity contribution in [2.45, 2.75) is 70.9 Å². The van der Waals surface area contributed by atoms with Gasteiger partial charge < -0.3 is 15.3 Å². The van der Waals surface area contributed by atoms with Crippen LogP contribution in [-0.2, 0) is 4.79 Å². The van der Waals surface area contributed by atoms with E-state index in [-0.39, 0.29) is 11.9 Å². The van der Waals surface area contributed by atoms with E-state index in [2.05, 4.69) is 5.32 Å². The van der Waals surface area contributed by atoms with E-state index in [1.807, 2.05) is 18.7 Å². The van der Waals surface area contributed by atoms with Crippen molar-refractivity contribution in [1.29, 1.82) is 0 Å². The second kappa shape index (κ2) is 7.14. The molecular weight excluding hydrogens is 268 g/mol. The van der Waals surface area contributed by atoms with Gasteiger partial charge >= 0.3 is 12.0 Å². The Morgan fingerprint density at radius 1 is 1.24 bits per heavy atom. The van der Waals surface area contributed by atoms with Gasteiger partial charge in [0.25, 0.3) is 0 Å². The minimum Gasteiger partial charge on any atom is -0.480 e. The van der Waals surface area contributed by atoms with Gasteiger partial charge in [0.2, 0.25) is 0 Å². The van der Waals surface area contributed by atoms with Crippen LogP contribution in [0.4, 0.5) is 4.79 Å². The predicted molar refractivity (Wildman–Crippen MR) is 81.1 cm³/mol. The first kappa shape index (κ1) is 16.1. The molecule has 1 aliphatic heterocycles. The number of fused-ring (bicyclic) bond motifs is 1. The van der Waals surface area contributed by atoms with E-state index >= 15 is 0 Å². The van der Waals surface area contributed by atoms with E-state index in [0.29, 0.717) is 12.0 Å². The van der Waals surface area contributed by atoms with Crippen LogP contribution in [-0.4, -0.2) is 40.6 Å². The maximum Gasteiger partial charge on any atom is 0.326 e. The molecule has 1 saturated heterocycles. The van der Waals surface area contributed by atoms with Crippen LogP contribution in [0.2, 0.25) is 0 Å². The number of carboxylic acid groups (broad SMARTS) is 1. The van der Waals surface area contributed by atoms with Gasteiger partial charge in [0.1, 0.15) is 6.04 Å². The van der Waals surface area contributed by atoms with Gasteiger partial charge in [-0.1, -0.05) is 33.1 Å². The lowest BCUT2D eigenvalue weighted by Crippen LogP contribution is -2.57. The number of rotatable bonds is 4. The van der Waals surface area contributed by atoms with E-state index < -0.39 is 12.0 Å². The molecule has 2 N–H and O–H groups in total. The molecule has 2 amide bonds. The number of amides is 2. The third-order valence-corrected chi connectivity index (χ3v) is 5.26. The largest absolute Gasteiger partial charge is 0.480 e. The van der Waals surface area contributed by atoms with Gasteiger partial charge in [0.15, 0.2) is 0 Å². The summed E-state index contributed by atoms with van der Waals surface area (Å²) in [4.78, 5) is 25.8. The highest BCUT2D eigenvalue weighted by molar-refractivity contribution is 5.83. The van der Waals surface area contributed by atoms with Crippen LogP contribution in [0.15, 0.2) is 0 Å². The minimum atomic E-state index is -0.935. The lowest BCUT2D eigenvalue weighted by molar-refractivity contribution is -0.140. The molecule has 2 rings (SSSR count). The number of carbonyl (C=O) groups is 2. The number of hydrogen-bond donors (Lipinski definition) is 2. The van der Waals surface area contributed by atoms with Crippen molar-refractivity contribution in [3.63, 3.8) is 0 Å². The number of likely N-dealkylation sites (tertiary alicyclic amines) is 1. The molecule has 0 unspecified atom stereocenters. The van der Waals surface area contributed by atoms with E-state index in [1.165, 1.54) is 25.7 Å². The van der Waals surface area contributed by atoms with Crippen LogP contribution in [0, 0.1) is 11.8 Å². The van der Waals surface area contributed by atoms with Crippen LogP contribution in [0.25, 0.3) is 0 Å². The predicted octanol–water partition coefficient (Wildman–Crippen LogP) is 2.85. The van der Waals surface area contributed by atoms with Crippen molar-refractivity contribution >= 4 is 12.0 Å². The van der Waals surface area contributed by atoms with Crippen molar-refractivity contribution in [3.8, 4) is 0 Å². The van der Waals surface area contributed by atoms with Crippen LogP contribution < -0.4 is 5.32 Å². The fourth-order valence-electron chi connectivity index (χ4n) is 3.78. The summed E-state index contributed by atoms with van der Waals surface area (Å²) in [5.74, 6) is -0.376. The maximum atomic E-state index is 12.5. The average molecular weight is 296 g/mol. The van der Waals surface area contributed by atoms with Gasteiger partial charge in [-0.25, -0.2) is 9.59 Å². The van der Waals surface area contributed by atoms with Gasteiger partial charge in [-0.15, -0.1) is 0 Å². The first-order valence-corrected chi connectivity index (χ1v) is 8.34. The molecule has 2 fully saturated rings. The number of carboxylic acids is 1. The Hall–Kier alpha value is -1.26. The molecule has 5 heteroatoms. The van der Waals surface area contributed by atoms with Crippen LogP contribution >= 0.6 is 0 Å². The highest BCUT2D eigenvalue weighted by Gasteiger charge is 2.37. The van der Waals surface area contributed by atoms with Crippen molar-refractivity contribution in [2.24, 2.45) is 11.8 Å². The van der Waals surface area contributed by atoms with E-state index in [0.717, 1.165) is 25.8 Å². The van der Waals surface area contributed by atoms with Gasteiger partial charge in [-0.2, -0.15) is 0 Å². The van der Waals surface area contributed by atoms with Gasteiger partial charge in [-0.3, -0.25) is 0 Å². The molecule has 0 aromatic carbocycles. The molecule has 4 atom stereocenters. The summed E-state index contributed by atoms with van der Waals surface area (Å²) >= 11 is 0. The molecule has 0 aromatic rings. The van der Waals surface area contributed by atoms with Crippen LogP contribution in [0.3, 0.4) is 0 Å². The Bertz CT molecular complexity index is 384. The summed E-state index contributed by atoms with van der Waals surface area (Å²) in [5, 5.41) is 12.1. The zero-order valence-electron chi connectivity index (χ0n) is 13.2. The standard InChI is InChI=1S/C16H28N2O3/c1-3-11(2)14(15(19)20)17-16(21)18-10-6-8-12-7-4-5-9-13(12)18/h11-14H,3-10H2,1-2H3,(H,17,21)(H,19,20)/t11-,12+,13+,14-/m0/s1. The van der Waals surface area contributed by atoms with E-state index in [4.69, 9.17) is 0 Å². The smallest absolute Gasteiger partial charge is 0.326 e. The molecule has 120 valence electrons. The summed E-state index contributed by atoms with van der Waals surface area (Å²) in [6.45, 7) is 4.59. The SMILES string of the molecule is CC[C@H](C)[C@H](NC(=O)N1CCC[C@H]2CCCC[C@H]21)C(=O)O. The number of carbonyl (C=O) groups excluding carboxylic acids is 1. The Morgan fingerprint density at radius 3 is 2.57 bits per heavy atom. The molecular formula is C16H28N2O3. The Balaban J connectivity index is 2.02. The lowest BCUT2D eigenvalue weighted by atomic mass is 9.78. The number of urea groups is 1. The summed E-state index contributed by atoms with van der Waals surface area (Å²) in [6.07, 6.45) is 7.71. The van der Waals surface area contributed by atoms with E-state index in [9.17, 15) is 14.7 Å². The average Bonchev–Trinajstić information content (AvgIpc) is 2.50. The monoisotopic (exact) mass is 296 g/mol. The van der Waals surface area contributed by atoms with Gasteiger partial charge in [-0.05, 0) is 37.5 Å². The van der Waals surface area contributed by atoms with Crippen molar-refractivity contribution in [2.75, 3.05) is 6.54 Å². The topological polar surface area (TPSA) is 69.6 Å². The lowest BCUT2D eigenvalue weighted by Gasteiger charge is -2.44. The Labute approximate surface area is 127 Å². The number of aliphatic carboxylic acids is 1. The highest BCUT2D eigenvalue weighted by atomic mass is 16.4. The third kappa shape index (κ3) is 3.69. The number of piperidine rings is 1. The third-order valence-electron chi connectivity index (χ3n) is 5.26. The molecule has 0 bridgehead atoms. The molecule has 1 aliphatic carbocycles. The maximum absolute atomic E-state index is 12.5. The van der Waals surface area contributed by atoms with Gasteiger partial charge in [0.05, 0.1) is 0 Å². The zero-order valence-corrected chi connectivity index (χ0v) is 13.2. The first-order valence-electron chi connectivity index (χ1n) is 8.34. The van der Waals surface area contributed by atoms with Crippen LogP contribution in [0.1, 0.15) is 58.8 Å². The summed E-state index contributed by atoms with van der Waals surface area (Å²) in [6, 6.07) is -0.648. The van der Waals surface area contributed by atoms with Crippen LogP contribution in [0.5, 0.6) is 0 Å². The zero-order chi connectivity index (χ0) is 15.4. The first-order chi connectivity index (χ1) is 10.0. The van der Waals surface area contributed by atoms with Crippen molar-refractivity contribution in [3.05, 3.63) is 0 Å². The molecule has 0 aromatic heterocycles. The van der Waals surface area contributed by atoms with E-state index in [1.54, 1.807) is 0 Å². The Morgan fingerprint density at radius 2 is 1.90 bits per heavy atom. The van der Waals surface area contributed by atoms with Crippen molar-refractivity contribution in [1.82, 2.24) is 10.2 Å². The minimum absolute atomic E-state index is 0.0570. The number of hydrogen-bond acceptors (Lipinski definition) is 2. The molecule has 1 heterocycles. The second-order valence-electron chi connectivity index (χ2n) is 6.60. The summed E-state index contributed by atoms with van der Waals surface area (Å²) in [7, 11) is 0. The molecule has 1 saturated carbocycles. The second-order valence-corrected chi connectivity index (χ2v) is 6.60. The number of nitrogens with zero attached hydrogens (tertiary/aromatic N) is 1. The molecule has 2 aliphatic rings. The Kier molecular flexibility index (Phi) is 5.48. The summed E-state index contributed by atoms with van der Waals surface area (Å²) in [5.41, 5.74) is 0. The molecule has 5 nitrogen and oxygen atoms in total. The fraction of sp³-hybridized carbons (Fsp3) is 0.875.